The van der Waals surface area contributed by atoms with Gasteiger partial charge in [0, 0.05) is 12.5 Å². The first-order valence-corrected chi connectivity index (χ1v) is 5.27. The van der Waals surface area contributed by atoms with Gasteiger partial charge in [0.05, 0.1) is 0 Å². The lowest BCUT2D eigenvalue weighted by Crippen LogP contribution is -2.12. The molecule has 1 aliphatic carbocycles. The topological polar surface area (TPSA) is 12.0 Å². The van der Waals surface area contributed by atoms with E-state index in [4.69, 9.17) is 0 Å². The van der Waals surface area contributed by atoms with Crippen molar-refractivity contribution in [3.63, 3.8) is 0 Å². The van der Waals surface area contributed by atoms with Crippen molar-refractivity contribution in [2.45, 2.75) is 18.8 Å². The molecule has 2 heteroatoms. The van der Waals surface area contributed by atoms with Crippen molar-refractivity contribution in [3.05, 3.63) is 35.1 Å². The van der Waals surface area contributed by atoms with Gasteiger partial charge in [-0.15, -0.1) is 0 Å². The van der Waals surface area contributed by atoms with Crippen molar-refractivity contribution >= 4 is 0 Å². The van der Waals surface area contributed by atoms with Crippen LogP contribution in [-0.4, -0.2) is 13.1 Å². The van der Waals surface area contributed by atoms with Gasteiger partial charge in [-0.2, -0.15) is 0 Å². The maximum atomic E-state index is 13.1. The van der Waals surface area contributed by atoms with Gasteiger partial charge in [-0.1, -0.05) is 13.0 Å². The van der Waals surface area contributed by atoms with Crippen LogP contribution in [0, 0.1) is 11.7 Å². The second kappa shape index (κ2) is 2.80. The molecule has 1 aromatic carbocycles. The Morgan fingerprint density at radius 2 is 2.14 bits per heavy atom. The van der Waals surface area contributed by atoms with Gasteiger partial charge in [0.2, 0.25) is 0 Å². The summed E-state index contributed by atoms with van der Waals surface area (Å²) in [4.78, 5) is 0. The number of fused-ring (bicyclic) bond motifs is 3. The Labute approximate surface area is 83.3 Å². The normalized spacial score (nSPS) is 34.3. The summed E-state index contributed by atoms with van der Waals surface area (Å²) in [6.45, 7) is 4.36. The molecule has 0 radical (unpaired) electrons. The molecule has 2 aliphatic rings. The van der Waals surface area contributed by atoms with Gasteiger partial charge in [0.15, 0.2) is 0 Å². The van der Waals surface area contributed by atoms with Crippen LogP contribution in [0.15, 0.2) is 18.2 Å². The second-order valence-electron chi connectivity index (χ2n) is 4.49. The maximum Gasteiger partial charge on any atom is 0.123 e. The number of halogens is 1. The Morgan fingerprint density at radius 1 is 1.29 bits per heavy atom. The Hall–Kier alpha value is -0.890. The first-order chi connectivity index (χ1) is 6.77. The summed E-state index contributed by atoms with van der Waals surface area (Å²) in [5.74, 6) is 1.73. The van der Waals surface area contributed by atoms with E-state index < -0.39 is 0 Å². The van der Waals surface area contributed by atoms with Crippen LogP contribution in [0.4, 0.5) is 4.39 Å². The number of benzene rings is 1. The fourth-order valence-electron chi connectivity index (χ4n) is 3.08. The molecule has 1 fully saturated rings. The zero-order valence-corrected chi connectivity index (χ0v) is 8.26. The van der Waals surface area contributed by atoms with Crippen molar-refractivity contribution in [2.75, 3.05) is 13.1 Å². The molecular weight excluding hydrogens is 177 g/mol. The molecule has 3 rings (SSSR count). The third kappa shape index (κ3) is 0.976. The van der Waals surface area contributed by atoms with Gasteiger partial charge in [-0.25, -0.2) is 4.39 Å². The summed E-state index contributed by atoms with van der Waals surface area (Å²) in [6, 6.07) is 5.28. The molecule has 3 unspecified atom stereocenters. The van der Waals surface area contributed by atoms with Crippen molar-refractivity contribution in [3.8, 4) is 0 Å². The molecule has 1 saturated heterocycles. The molecule has 1 N–H and O–H groups in total. The van der Waals surface area contributed by atoms with Crippen LogP contribution in [0.1, 0.15) is 29.9 Å². The number of hydrogen-bond donors (Lipinski definition) is 1. The van der Waals surface area contributed by atoms with Gasteiger partial charge in [-0.3, -0.25) is 0 Å². The average Bonchev–Trinajstić information content (AvgIpc) is 2.71. The molecule has 0 aromatic heterocycles. The predicted molar refractivity (Wildman–Crippen MR) is 53.9 cm³/mol. The van der Waals surface area contributed by atoms with E-state index in [1.54, 1.807) is 12.1 Å². The zero-order chi connectivity index (χ0) is 9.71. The van der Waals surface area contributed by atoms with Crippen LogP contribution in [0.3, 0.4) is 0 Å². The molecule has 1 aliphatic heterocycles. The van der Waals surface area contributed by atoms with Crippen LogP contribution in [0.2, 0.25) is 0 Å². The summed E-state index contributed by atoms with van der Waals surface area (Å²) in [6.07, 6.45) is 0. The molecule has 0 bridgehead atoms. The predicted octanol–water partition coefficient (Wildman–Crippen LogP) is 2.25. The quantitative estimate of drug-likeness (QED) is 0.663. The Bertz CT molecular complexity index is 375. The van der Waals surface area contributed by atoms with E-state index in [1.807, 2.05) is 6.07 Å². The lowest BCUT2D eigenvalue weighted by atomic mass is 9.91. The van der Waals surface area contributed by atoms with Crippen molar-refractivity contribution < 1.29 is 4.39 Å². The highest BCUT2D eigenvalue weighted by Gasteiger charge is 2.40. The molecular formula is C12H14FN. The highest BCUT2D eigenvalue weighted by Crippen LogP contribution is 2.47. The van der Waals surface area contributed by atoms with Gasteiger partial charge >= 0.3 is 0 Å². The molecule has 0 spiro atoms. The summed E-state index contributed by atoms with van der Waals surface area (Å²) in [5.41, 5.74) is 2.61. The van der Waals surface area contributed by atoms with E-state index >= 15 is 0 Å². The second-order valence-corrected chi connectivity index (χ2v) is 4.49. The minimum atomic E-state index is -0.0940. The minimum Gasteiger partial charge on any atom is -0.316 e. The number of rotatable bonds is 0. The standard InChI is InChI=1S/C12H14FN/c1-7-9-3-2-8(13)4-10(9)12-6-14-5-11(7)12/h2-4,7,11-12,14H,5-6H2,1H3. The van der Waals surface area contributed by atoms with Gasteiger partial charge in [0.1, 0.15) is 5.82 Å². The highest BCUT2D eigenvalue weighted by atomic mass is 19.1. The SMILES string of the molecule is CC1c2ccc(F)cc2C2CNCC12. The molecule has 74 valence electrons. The number of hydrogen-bond acceptors (Lipinski definition) is 1. The van der Waals surface area contributed by atoms with Gasteiger partial charge in [-0.05, 0) is 41.6 Å². The van der Waals surface area contributed by atoms with E-state index in [0.717, 1.165) is 13.1 Å². The van der Waals surface area contributed by atoms with Crippen molar-refractivity contribution in [1.82, 2.24) is 5.32 Å². The summed E-state index contributed by atoms with van der Waals surface area (Å²) >= 11 is 0. The van der Waals surface area contributed by atoms with E-state index in [9.17, 15) is 4.39 Å². The van der Waals surface area contributed by atoms with E-state index in [2.05, 4.69) is 12.2 Å². The fraction of sp³-hybridized carbons (Fsp3) is 0.500. The third-order valence-corrected chi connectivity index (χ3v) is 3.84. The molecule has 14 heavy (non-hydrogen) atoms. The Kier molecular flexibility index (Phi) is 1.68. The molecule has 0 amide bonds. The fourth-order valence-corrected chi connectivity index (χ4v) is 3.08. The van der Waals surface area contributed by atoms with E-state index in [-0.39, 0.29) is 5.82 Å². The smallest absolute Gasteiger partial charge is 0.123 e. The molecule has 3 atom stereocenters. The van der Waals surface area contributed by atoms with Crippen LogP contribution >= 0.6 is 0 Å². The lowest BCUT2D eigenvalue weighted by molar-refractivity contribution is 0.487. The average molecular weight is 191 g/mol. The van der Waals surface area contributed by atoms with E-state index in [0.29, 0.717) is 17.8 Å². The summed E-state index contributed by atoms with van der Waals surface area (Å²) in [5, 5.41) is 3.39. The summed E-state index contributed by atoms with van der Waals surface area (Å²) in [7, 11) is 0. The first kappa shape index (κ1) is 8.42. The van der Waals surface area contributed by atoms with Crippen molar-refractivity contribution in [2.24, 2.45) is 5.92 Å². The Morgan fingerprint density at radius 3 is 3.00 bits per heavy atom. The van der Waals surface area contributed by atoms with Crippen LogP contribution in [0.5, 0.6) is 0 Å². The first-order valence-electron chi connectivity index (χ1n) is 5.27. The highest BCUT2D eigenvalue weighted by molar-refractivity contribution is 5.41. The monoisotopic (exact) mass is 191 g/mol. The zero-order valence-electron chi connectivity index (χ0n) is 8.26. The van der Waals surface area contributed by atoms with E-state index in [1.165, 1.54) is 11.1 Å². The van der Waals surface area contributed by atoms with Gasteiger partial charge in [0.25, 0.3) is 0 Å². The lowest BCUT2D eigenvalue weighted by Gasteiger charge is -2.12. The number of nitrogens with one attached hydrogen (secondary N) is 1. The summed E-state index contributed by atoms with van der Waals surface area (Å²) < 4.78 is 13.1. The van der Waals surface area contributed by atoms with Gasteiger partial charge < -0.3 is 5.32 Å². The molecule has 1 heterocycles. The third-order valence-electron chi connectivity index (χ3n) is 3.84. The minimum absolute atomic E-state index is 0.0940. The Balaban J connectivity index is 2.13. The molecule has 1 aromatic rings. The molecule has 1 nitrogen and oxygen atoms in total. The largest absolute Gasteiger partial charge is 0.316 e. The van der Waals surface area contributed by atoms with Crippen LogP contribution in [0.25, 0.3) is 0 Å². The van der Waals surface area contributed by atoms with Crippen molar-refractivity contribution in [1.29, 1.82) is 0 Å². The van der Waals surface area contributed by atoms with Crippen LogP contribution < -0.4 is 5.32 Å². The molecule has 0 saturated carbocycles. The van der Waals surface area contributed by atoms with Crippen LogP contribution in [-0.2, 0) is 0 Å². The maximum absolute atomic E-state index is 13.1.